The Balaban J connectivity index is 2.74. The summed E-state index contributed by atoms with van der Waals surface area (Å²) in [5.41, 5.74) is 2.71. The van der Waals surface area contributed by atoms with E-state index in [2.05, 4.69) is 24.9 Å². The quantitative estimate of drug-likeness (QED) is 0.643. The van der Waals surface area contributed by atoms with E-state index in [4.69, 9.17) is 0 Å². The molecule has 11 heavy (non-hydrogen) atoms. The molecule has 1 heterocycles. The van der Waals surface area contributed by atoms with Crippen LogP contribution in [0, 0.1) is 0 Å². The highest BCUT2D eigenvalue weighted by atomic mass is 14.6. The second-order valence-corrected chi connectivity index (χ2v) is 2.80. The number of aryl methyl sites for hydroxylation is 2. The van der Waals surface area contributed by atoms with Gasteiger partial charge < -0.3 is 0 Å². The molecule has 0 aliphatic rings. The third-order valence-electron chi connectivity index (χ3n) is 1.80. The Hall–Kier alpha value is -0.850. The topological polar surface area (TPSA) is 12.9 Å². The van der Waals surface area contributed by atoms with Gasteiger partial charge in [-0.2, -0.15) is 0 Å². The third-order valence-corrected chi connectivity index (χ3v) is 1.80. The van der Waals surface area contributed by atoms with Crippen LogP contribution in [0.25, 0.3) is 0 Å². The minimum absolute atomic E-state index is 1.09. The van der Waals surface area contributed by atoms with Crippen LogP contribution >= 0.6 is 0 Å². The first-order valence-electron chi connectivity index (χ1n) is 4.29. The van der Waals surface area contributed by atoms with E-state index in [0.29, 0.717) is 0 Å². The molecule has 0 fully saturated rings. The van der Waals surface area contributed by atoms with Crippen LogP contribution < -0.4 is 0 Å². The first-order valence-corrected chi connectivity index (χ1v) is 4.29. The Kier molecular flexibility index (Phi) is 3.09. The molecule has 1 aromatic heterocycles. The summed E-state index contributed by atoms with van der Waals surface area (Å²) in [5, 5.41) is 0. The summed E-state index contributed by atoms with van der Waals surface area (Å²) in [7, 11) is 0. The number of pyridine rings is 1. The number of hydrogen-bond donors (Lipinski definition) is 0. The van der Waals surface area contributed by atoms with Crippen molar-refractivity contribution in [1.82, 2.24) is 4.98 Å². The fourth-order valence-electron chi connectivity index (χ4n) is 1.16. The van der Waals surface area contributed by atoms with Crippen LogP contribution in [0.1, 0.15) is 31.4 Å². The molecule has 1 nitrogen and oxygen atoms in total. The van der Waals surface area contributed by atoms with E-state index in [9.17, 15) is 0 Å². The van der Waals surface area contributed by atoms with Gasteiger partial charge in [-0.1, -0.05) is 26.3 Å². The highest BCUT2D eigenvalue weighted by Gasteiger charge is 1.92. The molecule has 0 bridgehead atoms. The molecule has 1 heteroatoms. The summed E-state index contributed by atoms with van der Waals surface area (Å²) in [6.45, 7) is 4.35. The van der Waals surface area contributed by atoms with E-state index in [0.717, 1.165) is 12.8 Å². The number of rotatable bonds is 3. The summed E-state index contributed by atoms with van der Waals surface area (Å²) in [6.07, 6.45) is 7.35. The zero-order chi connectivity index (χ0) is 8.10. The lowest BCUT2D eigenvalue weighted by Crippen LogP contribution is -1.88. The average molecular weight is 149 g/mol. The monoisotopic (exact) mass is 149 g/mol. The van der Waals surface area contributed by atoms with Crippen molar-refractivity contribution in [1.29, 1.82) is 0 Å². The van der Waals surface area contributed by atoms with E-state index in [1.165, 1.54) is 17.5 Å². The van der Waals surface area contributed by atoms with Crippen LogP contribution in [0.5, 0.6) is 0 Å². The fraction of sp³-hybridized carbons (Fsp3) is 0.500. The molecule has 0 aliphatic heterocycles. The molecule has 0 unspecified atom stereocenters. The largest absolute Gasteiger partial charge is 0.264 e. The van der Waals surface area contributed by atoms with Crippen molar-refractivity contribution in [2.75, 3.05) is 0 Å². The van der Waals surface area contributed by atoms with Gasteiger partial charge in [-0.15, -0.1) is 0 Å². The first-order chi connectivity index (χ1) is 5.36. The van der Waals surface area contributed by atoms with Crippen LogP contribution in [0.2, 0.25) is 0 Å². The van der Waals surface area contributed by atoms with Crippen LogP contribution in [0.3, 0.4) is 0 Å². The highest BCUT2D eigenvalue weighted by Crippen LogP contribution is 2.05. The Labute approximate surface area is 68.5 Å². The highest BCUT2D eigenvalue weighted by molar-refractivity contribution is 5.17. The van der Waals surface area contributed by atoms with Gasteiger partial charge >= 0.3 is 0 Å². The smallest absolute Gasteiger partial charge is 0.0300 e. The van der Waals surface area contributed by atoms with Crippen LogP contribution in [0.15, 0.2) is 18.5 Å². The molecule has 0 aliphatic carbocycles. The predicted molar refractivity (Wildman–Crippen MR) is 47.6 cm³/mol. The van der Waals surface area contributed by atoms with Gasteiger partial charge in [0, 0.05) is 12.4 Å². The van der Waals surface area contributed by atoms with E-state index in [-0.39, 0.29) is 0 Å². The summed E-state index contributed by atoms with van der Waals surface area (Å²) in [4.78, 5) is 4.17. The lowest BCUT2D eigenvalue weighted by Gasteiger charge is -1.99. The van der Waals surface area contributed by atoms with E-state index in [1.54, 1.807) is 0 Å². The summed E-state index contributed by atoms with van der Waals surface area (Å²) in [5.74, 6) is 0. The van der Waals surface area contributed by atoms with Gasteiger partial charge in [0.1, 0.15) is 0 Å². The molecular formula is C10H15N. The van der Waals surface area contributed by atoms with Crippen LogP contribution in [-0.2, 0) is 12.8 Å². The molecule has 0 radical (unpaired) electrons. The van der Waals surface area contributed by atoms with Gasteiger partial charge in [-0.25, -0.2) is 0 Å². The fourth-order valence-corrected chi connectivity index (χ4v) is 1.16. The first kappa shape index (κ1) is 8.25. The Bertz CT molecular complexity index is 218. The van der Waals surface area contributed by atoms with Crippen LogP contribution in [-0.4, -0.2) is 4.98 Å². The Morgan fingerprint density at radius 3 is 2.55 bits per heavy atom. The summed E-state index contributed by atoms with van der Waals surface area (Å²) >= 11 is 0. The van der Waals surface area contributed by atoms with Crippen molar-refractivity contribution in [2.45, 2.75) is 33.1 Å². The van der Waals surface area contributed by atoms with Crippen molar-refractivity contribution in [2.24, 2.45) is 0 Å². The lowest BCUT2D eigenvalue weighted by atomic mass is 10.1. The maximum atomic E-state index is 4.17. The van der Waals surface area contributed by atoms with Crippen molar-refractivity contribution in [3.8, 4) is 0 Å². The minimum atomic E-state index is 1.09. The predicted octanol–water partition coefficient (Wildman–Crippen LogP) is 2.60. The molecule has 1 rings (SSSR count). The van der Waals surface area contributed by atoms with Gasteiger partial charge in [0.15, 0.2) is 0 Å². The molecule has 0 N–H and O–H groups in total. The SMILES string of the molecule is CCCc1cncc(CC)c1. The molecule has 0 saturated heterocycles. The van der Waals surface area contributed by atoms with Crippen molar-refractivity contribution >= 4 is 0 Å². The van der Waals surface area contributed by atoms with Gasteiger partial charge in [0.2, 0.25) is 0 Å². The standard InChI is InChI=1S/C10H15N/c1-3-5-10-6-9(4-2)7-11-8-10/h6-8H,3-5H2,1-2H3. The van der Waals surface area contributed by atoms with Gasteiger partial charge in [0.25, 0.3) is 0 Å². The number of hydrogen-bond acceptors (Lipinski definition) is 1. The molecule has 0 aromatic carbocycles. The van der Waals surface area contributed by atoms with Crippen molar-refractivity contribution < 1.29 is 0 Å². The van der Waals surface area contributed by atoms with Gasteiger partial charge in [-0.3, -0.25) is 4.98 Å². The average Bonchev–Trinajstić information content (AvgIpc) is 2.06. The van der Waals surface area contributed by atoms with Crippen molar-refractivity contribution in [3.63, 3.8) is 0 Å². The van der Waals surface area contributed by atoms with Crippen molar-refractivity contribution in [3.05, 3.63) is 29.6 Å². The normalized spacial score (nSPS) is 10.0. The van der Waals surface area contributed by atoms with E-state index < -0.39 is 0 Å². The Morgan fingerprint density at radius 1 is 1.18 bits per heavy atom. The van der Waals surface area contributed by atoms with Gasteiger partial charge in [0.05, 0.1) is 0 Å². The van der Waals surface area contributed by atoms with E-state index >= 15 is 0 Å². The maximum Gasteiger partial charge on any atom is 0.0300 e. The third kappa shape index (κ3) is 2.34. The maximum absolute atomic E-state index is 4.17. The summed E-state index contributed by atoms with van der Waals surface area (Å²) < 4.78 is 0. The van der Waals surface area contributed by atoms with Gasteiger partial charge in [-0.05, 0) is 24.0 Å². The zero-order valence-corrected chi connectivity index (χ0v) is 7.30. The molecule has 0 amide bonds. The molecule has 60 valence electrons. The molecule has 0 spiro atoms. The second kappa shape index (κ2) is 4.12. The molecule has 0 atom stereocenters. The second-order valence-electron chi connectivity index (χ2n) is 2.80. The zero-order valence-electron chi connectivity index (χ0n) is 7.30. The number of aromatic nitrogens is 1. The minimum Gasteiger partial charge on any atom is -0.264 e. The number of nitrogens with zero attached hydrogens (tertiary/aromatic N) is 1. The molecule has 0 saturated carbocycles. The molecular weight excluding hydrogens is 134 g/mol. The van der Waals surface area contributed by atoms with Crippen LogP contribution in [0.4, 0.5) is 0 Å². The molecule has 1 aromatic rings. The van der Waals surface area contributed by atoms with E-state index in [1.807, 2.05) is 12.4 Å². The lowest BCUT2D eigenvalue weighted by molar-refractivity contribution is 0.906. The summed E-state index contributed by atoms with van der Waals surface area (Å²) in [6, 6.07) is 2.25. The Morgan fingerprint density at radius 2 is 1.91 bits per heavy atom.